The Kier molecular flexibility index (Phi) is 4.99. The van der Waals surface area contributed by atoms with Crippen molar-refractivity contribution >= 4 is 11.6 Å². The zero-order chi connectivity index (χ0) is 15.2. The summed E-state index contributed by atoms with van der Waals surface area (Å²) in [5.41, 5.74) is 5.23. The molecule has 0 heterocycles. The van der Waals surface area contributed by atoms with E-state index < -0.39 is 0 Å². The third-order valence-corrected chi connectivity index (χ3v) is 3.64. The monoisotopic (exact) mass is 282 g/mol. The Hall–Kier alpha value is -2.29. The molecule has 0 aromatic heterocycles. The molecular weight excluding hydrogens is 260 g/mol. The Morgan fingerprint density at radius 2 is 1.71 bits per heavy atom. The molecule has 0 spiro atoms. The van der Waals surface area contributed by atoms with Gasteiger partial charge in [0.05, 0.1) is 0 Å². The van der Waals surface area contributed by atoms with Crippen LogP contribution in [0.1, 0.15) is 34.0 Å². The van der Waals surface area contributed by atoms with Gasteiger partial charge in [-0.15, -0.1) is 0 Å². The van der Waals surface area contributed by atoms with Crippen LogP contribution < -0.4 is 10.6 Å². The highest BCUT2D eigenvalue weighted by Crippen LogP contribution is 2.15. The van der Waals surface area contributed by atoms with Crippen molar-refractivity contribution in [3.63, 3.8) is 0 Å². The van der Waals surface area contributed by atoms with Gasteiger partial charge < -0.3 is 10.6 Å². The van der Waals surface area contributed by atoms with Crippen LogP contribution >= 0.6 is 0 Å². The van der Waals surface area contributed by atoms with Crippen molar-refractivity contribution in [1.29, 1.82) is 0 Å². The fraction of sp³-hybridized carbons (Fsp3) is 0.278. The van der Waals surface area contributed by atoms with Crippen molar-refractivity contribution < 1.29 is 4.79 Å². The lowest BCUT2D eigenvalue weighted by molar-refractivity contribution is 0.0951. The SMILES string of the molecule is CCc1ccc(CNC(=O)c2ccc(NC)c(C)c2)cc1. The number of benzene rings is 2. The van der Waals surface area contributed by atoms with Crippen LogP contribution in [0, 0.1) is 6.92 Å². The minimum absolute atomic E-state index is 0.0414. The molecule has 21 heavy (non-hydrogen) atoms. The van der Waals surface area contributed by atoms with Gasteiger partial charge in [-0.25, -0.2) is 0 Å². The Morgan fingerprint density at radius 1 is 1.05 bits per heavy atom. The molecule has 0 aliphatic carbocycles. The summed E-state index contributed by atoms with van der Waals surface area (Å²) >= 11 is 0. The summed E-state index contributed by atoms with van der Waals surface area (Å²) < 4.78 is 0. The zero-order valence-electron chi connectivity index (χ0n) is 12.9. The molecule has 2 aromatic rings. The maximum Gasteiger partial charge on any atom is 0.251 e. The lowest BCUT2D eigenvalue weighted by Gasteiger charge is -2.09. The highest BCUT2D eigenvalue weighted by molar-refractivity contribution is 5.94. The summed E-state index contributed by atoms with van der Waals surface area (Å²) in [6.07, 6.45) is 1.03. The molecule has 2 N–H and O–H groups in total. The molecule has 0 saturated carbocycles. The molecule has 0 aliphatic heterocycles. The number of rotatable bonds is 5. The van der Waals surface area contributed by atoms with Crippen molar-refractivity contribution in [2.75, 3.05) is 12.4 Å². The molecule has 0 bridgehead atoms. The Morgan fingerprint density at radius 3 is 2.29 bits per heavy atom. The highest BCUT2D eigenvalue weighted by Gasteiger charge is 2.07. The van der Waals surface area contributed by atoms with Gasteiger partial charge in [-0.1, -0.05) is 31.2 Å². The number of anilines is 1. The van der Waals surface area contributed by atoms with Gasteiger partial charge in [0.1, 0.15) is 0 Å². The fourth-order valence-electron chi connectivity index (χ4n) is 2.26. The molecule has 0 atom stereocenters. The second-order valence-corrected chi connectivity index (χ2v) is 5.13. The number of nitrogens with one attached hydrogen (secondary N) is 2. The van der Waals surface area contributed by atoms with Crippen LogP contribution in [-0.2, 0) is 13.0 Å². The molecule has 0 saturated heterocycles. The Labute approximate surface area is 126 Å². The molecule has 2 rings (SSSR count). The number of carbonyl (C=O) groups excluding carboxylic acids is 1. The van der Waals surface area contributed by atoms with E-state index in [9.17, 15) is 4.79 Å². The van der Waals surface area contributed by atoms with E-state index in [0.29, 0.717) is 12.1 Å². The van der Waals surface area contributed by atoms with E-state index in [-0.39, 0.29) is 5.91 Å². The van der Waals surface area contributed by atoms with E-state index in [1.807, 2.05) is 32.2 Å². The van der Waals surface area contributed by atoms with Gasteiger partial charge in [0.2, 0.25) is 0 Å². The van der Waals surface area contributed by atoms with Gasteiger partial charge in [-0.2, -0.15) is 0 Å². The zero-order valence-corrected chi connectivity index (χ0v) is 12.9. The van der Waals surface area contributed by atoms with Gasteiger partial charge >= 0.3 is 0 Å². The van der Waals surface area contributed by atoms with Crippen LogP contribution in [0.5, 0.6) is 0 Å². The number of hydrogen-bond donors (Lipinski definition) is 2. The average molecular weight is 282 g/mol. The maximum absolute atomic E-state index is 12.2. The van der Waals surface area contributed by atoms with Crippen LogP contribution in [-0.4, -0.2) is 13.0 Å². The second-order valence-electron chi connectivity index (χ2n) is 5.13. The predicted octanol–water partition coefficient (Wildman–Crippen LogP) is 3.53. The third-order valence-electron chi connectivity index (χ3n) is 3.64. The summed E-state index contributed by atoms with van der Waals surface area (Å²) in [6, 6.07) is 14.0. The molecule has 0 fully saturated rings. The normalized spacial score (nSPS) is 10.2. The number of aryl methyl sites for hydroxylation is 2. The van der Waals surface area contributed by atoms with E-state index in [4.69, 9.17) is 0 Å². The lowest BCUT2D eigenvalue weighted by Crippen LogP contribution is -2.22. The molecule has 2 aromatic carbocycles. The van der Waals surface area contributed by atoms with Crippen LogP contribution in [0.2, 0.25) is 0 Å². The Bertz CT molecular complexity index is 618. The first-order valence-electron chi connectivity index (χ1n) is 7.28. The third kappa shape index (κ3) is 3.85. The van der Waals surface area contributed by atoms with Crippen LogP contribution in [0.25, 0.3) is 0 Å². The van der Waals surface area contributed by atoms with E-state index in [2.05, 4.69) is 41.8 Å². The molecule has 1 amide bonds. The standard InChI is InChI=1S/C18H22N2O/c1-4-14-5-7-15(8-6-14)12-20-18(21)16-9-10-17(19-3)13(2)11-16/h5-11,19H,4,12H2,1-3H3,(H,20,21). The van der Waals surface area contributed by atoms with Crippen LogP contribution in [0.15, 0.2) is 42.5 Å². The minimum atomic E-state index is -0.0414. The Balaban J connectivity index is 1.99. The summed E-state index contributed by atoms with van der Waals surface area (Å²) in [6.45, 7) is 4.68. The lowest BCUT2D eigenvalue weighted by atomic mass is 10.1. The molecule has 0 radical (unpaired) electrons. The van der Waals surface area contributed by atoms with Crippen molar-refractivity contribution in [2.24, 2.45) is 0 Å². The fourth-order valence-corrected chi connectivity index (χ4v) is 2.26. The maximum atomic E-state index is 12.2. The van der Waals surface area contributed by atoms with E-state index in [0.717, 1.165) is 23.2 Å². The van der Waals surface area contributed by atoms with Crippen molar-refractivity contribution in [3.05, 3.63) is 64.7 Å². The first kappa shape index (κ1) is 15.1. The first-order valence-corrected chi connectivity index (χ1v) is 7.28. The second kappa shape index (κ2) is 6.93. The first-order chi connectivity index (χ1) is 10.1. The van der Waals surface area contributed by atoms with E-state index in [1.165, 1.54) is 5.56 Å². The summed E-state index contributed by atoms with van der Waals surface area (Å²) in [7, 11) is 1.88. The topological polar surface area (TPSA) is 41.1 Å². The molecule has 3 nitrogen and oxygen atoms in total. The predicted molar refractivity (Wildman–Crippen MR) is 87.7 cm³/mol. The average Bonchev–Trinajstić information content (AvgIpc) is 2.53. The largest absolute Gasteiger partial charge is 0.388 e. The summed E-state index contributed by atoms with van der Waals surface area (Å²) in [5.74, 6) is -0.0414. The number of carbonyl (C=O) groups is 1. The van der Waals surface area contributed by atoms with Crippen LogP contribution in [0.4, 0.5) is 5.69 Å². The smallest absolute Gasteiger partial charge is 0.251 e. The van der Waals surface area contributed by atoms with E-state index in [1.54, 1.807) is 0 Å². The van der Waals surface area contributed by atoms with Gasteiger partial charge in [0.25, 0.3) is 5.91 Å². The summed E-state index contributed by atoms with van der Waals surface area (Å²) in [5, 5.41) is 6.06. The van der Waals surface area contributed by atoms with Gasteiger partial charge in [-0.05, 0) is 48.2 Å². The van der Waals surface area contributed by atoms with E-state index >= 15 is 0 Å². The number of hydrogen-bond acceptors (Lipinski definition) is 2. The van der Waals surface area contributed by atoms with Gasteiger partial charge in [0.15, 0.2) is 0 Å². The van der Waals surface area contributed by atoms with Crippen molar-refractivity contribution in [1.82, 2.24) is 5.32 Å². The minimum Gasteiger partial charge on any atom is -0.388 e. The van der Waals surface area contributed by atoms with Gasteiger partial charge in [0, 0.05) is 24.8 Å². The van der Waals surface area contributed by atoms with Gasteiger partial charge in [-0.3, -0.25) is 4.79 Å². The molecular formula is C18H22N2O. The molecule has 3 heteroatoms. The molecule has 110 valence electrons. The molecule has 0 unspecified atom stereocenters. The highest BCUT2D eigenvalue weighted by atomic mass is 16.1. The van der Waals surface area contributed by atoms with Crippen molar-refractivity contribution in [2.45, 2.75) is 26.8 Å². The molecule has 0 aliphatic rings. The number of amides is 1. The quantitative estimate of drug-likeness (QED) is 0.881. The van der Waals surface area contributed by atoms with Crippen molar-refractivity contribution in [3.8, 4) is 0 Å². The van der Waals surface area contributed by atoms with Crippen LogP contribution in [0.3, 0.4) is 0 Å². The summed E-state index contributed by atoms with van der Waals surface area (Å²) in [4.78, 5) is 12.2.